The van der Waals surface area contributed by atoms with E-state index < -0.39 is 10.0 Å². The number of halogens is 2. The number of rotatable bonds is 5. The molecule has 4 aromatic rings. The van der Waals surface area contributed by atoms with Crippen LogP contribution in [0.3, 0.4) is 0 Å². The van der Waals surface area contributed by atoms with E-state index in [1.807, 2.05) is 29.2 Å². The largest absolute Gasteiger partial charge is 0.506 e. The molecule has 1 fully saturated rings. The predicted octanol–water partition coefficient (Wildman–Crippen LogP) is 4.90. The standard InChI is InChI=1S/C24H21Cl2N5O3S/c25-16-5-8-18(9-6-16)35(33,34)31-13-11-30(12-14-31)23-19-3-1-2-4-20(19)27-24(29-23)28-21-15-17(26)7-10-22(21)32/h1-10,15,32H,11-14H2,(H,27,28,29). The van der Waals surface area contributed by atoms with E-state index in [4.69, 9.17) is 28.2 Å². The minimum Gasteiger partial charge on any atom is -0.506 e. The molecule has 0 aliphatic carbocycles. The third-order valence-corrected chi connectivity index (χ3v) is 8.18. The smallest absolute Gasteiger partial charge is 0.243 e. The fourth-order valence-electron chi connectivity index (χ4n) is 3.98. The SMILES string of the molecule is O=S(=O)(c1ccc(Cl)cc1)N1CCN(c2nc(Nc3cc(Cl)ccc3O)nc3ccccc23)CC1. The Balaban J connectivity index is 1.42. The number of hydrogen-bond acceptors (Lipinski definition) is 7. The van der Waals surface area contributed by atoms with Gasteiger partial charge >= 0.3 is 0 Å². The number of hydrogen-bond donors (Lipinski definition) is 2. The summed E-state index contributed by atoms with van der Waals surface area (Å²) < 4.78 is 27.6. The highest BCUT2D eigenvalue weighted by atomic mass is 35.5. The summed E-state index contributed by atoms with van der Waals surface area (Å²) in [6.07, 6.45) is 0. The van der Waals surface area contributed by atoms with Crippen molar-refractivity contribution < 1.29 is 13.5 Å². The zero-order valence-corrected chi connectivity index (χ0v) is 20.7. The van der Waals surface area contributed by atoms with Gasteiger partial charge in [0.15, 0.2) is 0 Å². The Kier molecular flexibility index (Phi) is 6.41. The van der Waals surface area contributed by atoms with Crippen molar-refractivity contribution >= 4 is 61.6 Å². The lowest BCUT2D eigenvalue weighted by Gasteiger charge is -2.35. The van der Waals surface area contributed by atoms with E-state index in [2.05, 4.69) is 10.3 Å². The fraction of sp³-hybridized carbons (Fsp3) is 0.167. The van der Waals surface area contributed by atoms with Crippen LogP contribution in [0.4, 0.5) is 17.5 Å². The van der Waals surface area contributed by atoms with Crippen LogP contribution in [0.1, 0.15) is 0 Å². The zero-order valence-electron chi connectivity index (χ0n) is 18.4. The Morgan fingerprint density at radius 3 is 2.29 bits per heavy atom. The summed E-state index contributed by atoms with van der Waals surface area (Å²) in [6, 6.07) is 18.5. The first-order chi connectivity index (χ1) is 16.8. The molecule has 0 atom stereocenters. The lowest BCUT2D eigenvalue weighted by atomic mass is 10.2. The molecule has 2 heterocycles. The predicted molar refractivity (Wildman–Crippen MR) is 138 cm³/mol. The van der Waals surface area contributed by atoms with Crippen LogP contribution in [-0.2, 0) is 10.0 Å². The molecule has 1 saturated heterocycles. The first-order valence-corrected chi connectivity index (χ1v) is 13.0. The molecule has 0 unspecified atom stereocenters. The number of anilines is 3. The highest BCUT2D eigenvalue weighted by molar-refractivity contribution is 7.89. The Morgan fingerprint density at radius 2 is 1.54 bits per heavy atom. The van der Waals surface area contributed by atoms with E-state index in [0.717, 1.165) is 10.9 Å². The molecule has 0 amide bonds. The summed E-state index contributed by atoms with van der Waals surface area (Å²) in [4.78, 5) is 11.6. The maximum absolute atomic E-state index is 13.1. The van der Waals surface area contributed by atoms with E-state index in [-0.39, 0.29) is 10.6 Å². The monoisotopic (exact) mass is 529 g/mol. The summed E-state index contributed by atoms with van der Waals surface area (Å²) in [5.74, 6) is 1.00. The molecule has 0 bridgehead atoms. The maximum atomic E-state index is 13.1. The molecular weight excluding hydrogens is 509 g/mol. The Bertz CT molecular complexity index is 1490. The molecule has 0 saturated carbocycles. The van der Waals surface area contributed by atoms with E-state index in [1.165, 1.54) is 22.5 Å². The second kappa shape index (κ2) is 9.50. The van der Waals surface area contributed by atoms with Gasteiger partial charge in [0.2, 0.25) is 16.0 Å². The normalized spacial score (nSPS) is 14.9. The number of phenolic OH excluding ortho intramolecular Hbond substituents is 1. The van der Waals surface area contributed by atoms with E-state index in [1.54, 1.807) is 24.3 Å². The van der Waals surface area contributed by atoms with Crippen LogP contribution >= 0.6 is 23.2 Å². The number of fused-ring (bicyclic) bond motifs is 1. The molecule has 11 heteroatoms. The van der Waals surface area contributed by atoms with Crippen molar-refractivity contribution in [2.24, 2.45) is 0 Å². The van der Waals surface area contributed by atoms with Gasteiger partial charge in [0.05, 0.1) is 16.1 Å². The summed E-state index contributed by atoms with van der Waals surface area (Å²) in [7, 11) is -3.62. The Hall–Kier alpha value is -3.11. The quantitative estimate of drug-likeness (QED) is 0.355. The van der Waals surface area contributed by atoms with Gasteiger partial charge in [0.1, 0.15) is 11.6 Å². The molecule has 0 radical (unpaired) electrons. The van der Waals surface area contributed by atoms with Gasteiger partial charge in [-0.25, -0.2) is 13.4 Å². The minimum atomic E-state index is -3.62. The van der Waals surface area contributed by atoms with E-state index >= 15 is 0 Å². The number of aromatic nitrogens is 2. The number of piperazine rings is 1. The summed E-state index contributed by atoms with van der Waals surface area (Å²) in [5.41, 5.74) is 1.11. The molecule has 1 aliphatic rings. The zero-order chi connectivity index (χ0) is 24.6. The highest BCUT2D eigenvalue weighted by Crippen LogP contribution is 2.32. The van der Waals surface area contributed by atoms with E-state index in [0.29, 0.717) is 53.7 Å². The number of sulfonamides is 1. The van der Waals surface area contributed by atoms with Crippen molar-refractivity contribution in [3.05, 3.63) is 76.8 Å². The molecule has 1 aromatic heterocycles. The van der Waals surface area contributed by atoms with Gasteiger partial charge < -0.3 is 15.3 Å². The topological polar surface area (TPSA) is 98.7 Å². The lowest BCUT2D eigenvalue weighted by Crippen LogP contribution is -2.49. The van der Waals surface area contributed by atoms with Gasteiger partial charge in [-0.3, -0.25) is 0 Å². The fourth-order valence-corrected chi connectivity index (χ4v) is 5.70. The molecule has 35 heavy (non-hydrogen) atoms. The second-order valence-corrected chi connectivity index (χ2v) is 10.8. The Labute approximate surface area is 212 Å². The van der Waals surface area contributed by atoms with Crippen LogP contribution < -0.4 is 10.2 Å². The maximum Gasteiger partial charge on any atom is 0.243 e. The summed E-state index contributed by atoms with van der Waals surface area (Å²) >= 11 is 12.0. The highest BCUT2D eigenvalue weighted by Gasteiger charge is 2.29. The van der Waals surface area contributed by atoms with Crippen molar-refractivity contribution in [3.8, 4) is 5.75 Å². The molecule has 180 valence electrons. The molecule has 3 aromatic carbocycles. The van der Waals surface area contributed by atoms with Crippen LogP contribution in [0.25, 0.3) is 10.9 Å². The third-order valence-electron chi connectivity index (χ3n) is 5.78. The van der Waals surface area contributed by atoms with Crippen LogP contribution in [-0.4, -0.2) is 54.0 Å². The number of phenols is 1. The average molecular weight is 530 g/mol. The average Bonchev–Trinajstić information content (AvgIpc) is 2.86. The number of para-hydroxylation sites is 1. The summed E-state index contributed by atoms with van der Waals surface area (Å²) in [5, 5.41) is 15.0. The van der Waals surface area contributed by atoms with Crippen molar-refractivity contribution in [2.75, 3.05) is 36.4 Å². The van der Waals surface area contributed by atoms with Crippen molar-refractivity contribution in [1.82, 2.24) is 14.3 Å². The van der Waals surface area contributed by atoms with Gasteiger partial charge in [-0.2, -0.15) is 9.29 Å². The lowest BCUT2D eigenvalue weighted by molar-refractivity contribution is 0.384. The third kappa shape index (κ3) is 4.85. The van der Waals surface area contributed by atoms with Gasteiger partial charge in [0.25, 0.3) is 0 Å². The minimum absolute atomic E-state index is 0.0220. The number of aromatic hydroxyl groups is 1. The van der Waals surface area contributed by atoms with Gasteiger partial charge in [-0.1, -0.05) is 35.3 Å². The van der Waals surface area contributed by atoms with Gasteiger partial charge in [-0.15, -0.1) is 0 Å². The van der Waals surface area contributed by atoms with Crippen molar-refractivity contribution in [2.45, 2.75) is 4.90 Å². The van der Waals surface area contributed by atoms with Crippen LogP contribution in [0.5, 0.6) is 5.75 Å². The molecular formula is C24H21Cl2N5O3S. The molecule has 1 aliphatic heterocycles. The number of nitrogens with one attached hydrogen (secondary N) is 1. The van der Waals surface area contributed by atoms with Crippen LogP contribution in [0, 0.1) is 0 Å². The van der Waals surface area contributed by atoms with Crippen molar-refractivity contribution in [3.63, 3.8) is 0 Å². The Morgan fingerprint density at radius 1 is 0.857 bits per heavy atom. The first kappa shape index (κ1) is 23.6. The van der Waals surface area contributed by atoms with Gasteiger partial charge in [0, 0.05) is 41.6 Å². The molecule has 0 spiro atoms. The second-order valence-electron chi connectivity index (χ2n) is 8.02. The first-order valence-electron chi connectivity index (χ1n) is 10.8. The van der Waals surface area contributed by atoms with Gasteiger partial charge in [-0.05, 0) is 54.6 Å². The number of benzene rings is 3. The molecule has 2 N–H and O–H groups in total. The summed E-state index contributed by atoms with van der Waals surface area (Å²) in [6.45, 7) is 1.52. The van der Waals surface area contributed by atoms with E-state index in [9.17, 15) is 13.5 Å². The van der Waals surface area contributed by atoms with Crippen molar-refractivity contribution in [1.29, 1.82) is 0 Å². The van der Waals surface area contributed by atoms with Crippen LogP contribution in [0.2, 0.25) is 10.0 Å². The van der Waals surface area contributed by atoms with Crippen LogP contribution in [0.15, 0.2) is 71.6 Å². The molecule has 8 nitrogen and oxygen atoms in total. The number of nitrogens with zero attached hydrogens (tertiary/aromatic N) is 4. The molecule has 5 rings (SSSR count).